The van der Waals surface area contributed by atoms with E-state index in [9.17, 15) is 9.50 Å². The van der Waals surface area contributed by atoms with E-state index in [1.165, 1.54) is 12.1 Å². The Balaban J connectivity index is 2.19. The molecule has 1 aromatic heterocycles. The zero-order valence-corrected chi connectivity index (χ0v) is 9.34. The van der Waals surface area contributed by atoms with Gasteiger partial charge in [0.1, 0.15) is 11.6 Å². The summed E-state index contributed by atoms with van der Waals surface area (Å²) in [5.74, 6) is -0.625. The lowest BCUT2D eigenvalue weighted by Gasteiger charge is -2.03. The molecule has 0 saturated heterocycles. The number of fused-ring (bicyclic) bond motifs is 1. The third kappa shape index (κ3) is 1.88. The lowest BCUT2D eigenvalue weighted by molar-refractivity contribution is 0.469. The van der Waals surface area contributed by atoms with Gasteiger partial charge in [0.05, 0.1) is 22.9 Å². The Morgan fingerprint density at radius 1 is 1.00 bits per heavy atom. The first kappa shape index (κ1) is 10.7. The van der Waals surface area contributed by atoms with Crippen LogP contribution in [0.5, 0.6) is 5.75 Å². The van der Waals surface area contributed by atoms with E-state index >= 15 is 0 Å². The molecular weight excluding hydrogens is 231 g/mol. The first-order valence-electron chi connectivity index (χ1n) is 5.44. The minimum atomic E-state index is -0.500. The molecule has 0 aliphatic rings. The number of halogens is 1. The van der Waals surface area contributed by atoms with Gasteiger partial charge in [0.2, 0.25) is 0 Å². The molecule has 0 spiro atoms. The molecule has 0 amide bonds. The molecule has 3 nitrogen and oxygen atoms in total. The van der Waals surface area contributed by atoms with Crippen molar-refractivity contribution in [1.82, 2.24) is 9.97 Å². The van der Waals surface area contributed by atoms with Crippen molar-refractivity contribution >= 4 is 11.0 Å². The van der Waals surface area contributed by atoms with Crippen molar-refractivity contribution < 1.29 is 9.50 Å². The Kier molecular flexibility index (Phi) is 2.41. The number of hydrogen-bond acceptors (Lipinski definition) is 3. The van der Waals surface area contributed by atoms with Gasteiger partial charge in [-0.1, -0.05) is 12.1 Å². The Labute approximate surface area is 103 Å². The van der Waals surface area contributed by atoms with Crippen LogP contribution < -0.4 is 0 Å². The number of hydrogen-bond donors (Lipinski definition) is 1. The van der Waals surface area contributed by atoms with Gasteiger partial charge >= 0.3 is 0 Å². The second-order valence-corrected chi connectivity index (χ2v) is 3.94. The molecule has 0 aliphatic carbocycles. The molecule has 3 aromatic rings. The molecule has 0 unspecified atom stereocenters. The van der Waals surface area contributed by atoms with Crippen molar-refractivity contribution in [2.24, 2.45) is 0 Å². The SMILES string of the molecule is Oc1cc(F)cc(-c2cnc3ccccc3n2)c1. The van der Waals surface area contributed by atoms with Gasteiger partial charge in [0, 0.05) is 11.6 Å². The van der Waals surface area contributed by atoms with Gasteiger partial charge in [-0.25, -0.2) is 9.37 Å². The van der Waals surface area contributed by atoms with Gasteiger partial charge in [-0.05, 0) is 24.3 Å². The van der Waals surface area contributed by atoms with Gasteiger partial charge in [0.25, 0.3) is 0 Å². The van der Waals surface area contributed by atoms with Crippen LogP contribution in [0.25, 0.3) is 22.3 Å². The van der Waals surface area contributed by atoms with Crippen LogP contribution >= 0.6 is 0 Å². The molecular formula is C14H9FN2O. The van der Waals surface area contributed by atoms with E-state index in [0.717, 1.165) is 17.1 Å². The van der Waals surface area contributed by atoms with Crippen molar-refractivity contribution in [2.75, 3.05) is 0 Å². The number of aromatic hydroxyl groups is 1. The number of para-hydroxylation sites is 2. The Hall–Kier alpha value is -2.49. The summed E-state index contributed by atoms with van der Waals surface area (Å²) < 4.78 is 13.2. The first-order chi connectivity index (χ1) is 8.72. The molecule has 18 heavy (non-hydrogen) atoms. The Bertz CT molecular complexity index is 708. The maximum atomic E-state index is 13.2. The van der Waals surface area contributed by atoms with Crippen molar-refractivity contribution in [3.05, 3.63) is 54.5 Å². The van der Waals surface area contributed by atoms with Crippen LogP contribution in [0.15, 0.2) is 48.7 Å². The van der Waals surface area contributed by atoms with Crippen LogP contribution in [0.4, 0.5) is 4.39 Å². The summed E-state index contributed by atoms with van der Waals surface area (Å²) in [5.41, 5.74) is 2.55. The fourth-order valence-electron chi connectivity index (χ4n) is 1.82. The first-order valence-corrected chi connectivity index (χ1v) is 5.44. The molecule has 0 aliphatic heterocycles. The third-order valence-corrected chi connectivity index (χ3v) is 2.63. The molecule has 0 bridgehead atoms. The van der Waals surface area contributed by atoms with E-state index < -0.39 is 5.82 Å². The molecule has 0 saturated carbocycles. The van der Waals surface area contributed by atoms with Crippen molar-refractivity contribution in [2.45, 2.75) is 0 Å². The zero-order chi connectivity index (χ0) is 12.5. The summed E-state index contributed by atoms with van der Waals surface area (Å²) >= 11 is 0. The smallest absolute Gasteiger partial charge is 0.127 e. The average molecular weight is 240 g/mol. The van der Waals surface area contributed by atoms with E-state index in [2.05, 4.69) is 9.97 Å². The molecule has 0 atom stereocenters. The molecule has 2 aromatic carbocycles. The fraction of sp³-hybridized carbons (Fsp3) is 0. The molecule has 0 radical (unpaired) electrons. The number of aromatic nitrogens is 2. The maximum Gasteiger partial charge on any atom is 0.127 e. The van der Waals surface area contributed by atoms with Gasteiger partial charge in [-0.15, -0.1) is 0 Å². The summed E-state index contributed by atoms with van der Waals surface area (Å²) in [6, 6.07) is 11.3. The van der Waals surface area contributed by atoms with Gasteiger partial charge in [-0.2, -0.15) is 0 Å². The molecule has 3 rings (SSSR count). The minimum Gasteiger partial charge on any atom is -0.508 e. The number of rotatable bonds is 1. The predicted octanol–water partition coefficient (Wildman–Crippen LogP) is 3.14. The molecule has 0 fully saturated rings. The number of nitrogens with zero attached hydrogens (tertiary/aromatic N) is 2. The van der Waals surface area contributed by atoms with E-state index in [1.54, 1.807) is 6.20 Å². The van der Waals surface area contributed by atoms with E-state index in [1.807, 2.05) is 24.3 Å². The van der Waals surface area contributed by atoms with Crippen LogP contribution in [0.1, 0.15) is 0 Å². The van der Waals surface area contributed by atoms with Crippen LogP contribution in [0, 0.1) is 5.82 Å². The molecule has 1 N–H and O–H groups in total. The summed E-state index contributed by atoms with van der Waals surface area (Å²) in [6.45, 7) is 0. The minimum absolute atomic E-state index is 0.125. The van der Waals surface area contributed by atoms with E-state index in [-0.39, 0.29) is 5.75 Å². The van der Waals surface area contributed by atoms with Gasteiger partial charge < -0.3 is 5.11 Å². The molecule has 1 heterocycles. The molecule has 88 valence electrons. The van der Waals surface area contributed by atoms with Crippen LogP contribution in [-0.2, 0) is 0 Å². The monoisotopic (exact) mass is 240 g/mol. The Morgan fingerprint density at radius 3 is 2.56 bits per heavy atom. The fourth-order valence-corrected chi connectivity index (χ4v) is 1.82. The summed E-state index contributed by atoms with van der Waals surface area (Å²) in [6.07, 6.45) is 1.57. The largest absolute Gasteiger partial charge is 0.508 e. The van der Waals surface area contributed by atoms with Crippen molar-refractivity contribution in [3.8, 4) is 17.0 Å². The second-order valence-electron chi connectivity index (χ2n) is 3.94. The van der Waals surface area contributed by atoms with Crippen molar-refractivity contribution in [3.63, 3.8) is 0 Å². The van der Waals surface area contributed by atoms with E-state index in [0.29, 0.717) is 11.3 Å². The number of benzene rings is 2. The zero-order valence-electron chi connectivity index (χ0n) is 9.34. The van der Waals surface area contributed by atoms with Gasteiger partial charge in [0.15, 0.2) is 0 Å². The number of phenolic OH excluding ortho intramolecular Hbond substituents is 1. The normalized spacial score (nSPS) is 10.7. The van der Waals surface area contributed by atoms with E-state index in [4.69, 9.17) is 0 Å². The highest BCUT2D eigenvalue weighted by Gasteiger charge is 2.05. The van der Waals surface area contributed by atoms with Gasteiger partial charge in [-0.3, -0.25) is 4.98 Å². The highest BCUT2D eigenvalue weighted by Crippen LogP contribution is 2.24. The van der Waals surface area contributed by atoms with Crippen LogP contribution in [0.3, 0.4) is 0 Å². The van der Waals surface area contributed by atoms with Crippen molar-refractivity contribution in [1.29, 1.82) is 0 Å². The topological polar surface area (TPSA) is 46.0 Å². The quantitative estimate of drug-likeness (QED) is 0.710. The lowest BCUT2D eigenvalue weighted by atomic mass is 10.1. The predicted molar refractivity (Wildman–Crippen MR) is 66.6 cm³/mol. The highest BCUT2D eigenvalue weighted by molar-refractivity contribution is 5.77. The molecule has 4 heteroatoms. The average Bonchev–Trinajstić information content (AvgIpc) is 2.37. The Morgan fingerprint density at radius 2 is 1.78 bits per heavy atom. The maximum absolute atomic E-state index is 13.2. The standard InChI is InChI=1S/C14H9FN2O/c15-10-5-9(6-11(18)7-10)14-8-16-12-3-1-2-4-13(12)17-14/h1-8,18H. The summed E-state index contributed by atoms with van der Waals surface area (Å²) in [5, 5.41) is 9.38. The number of phenols is 1. The highest BCUT2D eigenvalue weighted by atomic mass is 19.1. The van der Waals surface area contributed by atoms with Crippen LogP contribution in [-0.4, -0.2) is 15.1 Å². The summed E-state index contributed by atoms with van der Waals surface area (Å²) in [7, 11) is 0. The second kappa shape index (κ2) is 4.07. The summed E-state index contributed by atoms with van der Waals surface area (Å²) in [4.78, 5) is 8.64. The van der Waals surface area contributed by atoms with Crippen LogP contribution in [0.2, 0.25) is 0 Å². The third-order valence-electron chi connectivity index (χ3n) is 2.63. The lowest BCUT2D eigenvalue weighted by Crippen LogP contribution is -1.89.